The largest absolute Gasteiger partial charge is 0.466 e. The highest BCUT2D eigenvalue weighted by molar-refractivity contribution is 5.74. The van der Waals surface area contributed by atoms with Crippen LogP contribution in [0, 0.1) is 0 Å². The lowest BCUT2D eigenvalue weighted by Crippen LogP contribution is -2.11. The summed E-state index contributed by atoms with van der Waals surface area (Å²) < 4.78 is 10.6. The van der Waals surface area contributed by atoms with E-state index in [9.17, 15) is 9.59 Å². The van der Waals surface area contributed by atoms with Crippen LogP contribution in [-0.2, 0) is 20.7 Å². The zero-order chi connectivity index (χ0) is 20.5. The van der Waals surface area contributed by atoms with Crippen LogP contribution in [0.15, 0.2) is 24.3 Å². The molecule has 0 aliphatic carbocycles. The van der Waals surface area contributed by atoms with Crippen molar-refractivity contribution in [2.45, 2.75) is 97.3 Å². The van der Waals surface area contributed by atoms with E-state index in [1.807, 2.05) is 25.1 Å². The minimum atomic E-state index is -0.298. The zero-order valence-electron chi connectivity index (χ0n) is 17.8. The number of rotatable bonds is 16. The second-order valence-corrected chi connectivity index (χ2v) is 7.34. The highest BCUT2D eigenvalue weighted by atomic mass is 16.5. The van der Waals surface area contributed by atoms with Crippen LogP contribution in [0.2, 0.25) is 0 Å². The minimum Gasteiger partial charge on any atom is -0.466 e. The molecule has 1 aromatic rings. The van der Waals surface area contributed by atoms with Crippen LogP contribution in [0.4, 0.5) is 0 Å². The van der Waals surface area contributed by atoms with E-state index in [1.54, 1.807) is 6.07 Å². The monoisotopic (exact) mass is 390 g/mol. The van der Waals surface area contributed by atoms with Gasteiger partial charge in [-0.05, 0) is 30.9 Å². The van der Waals surface area contributed by atoms with E-state index in [0.29, 0.717) is 18.8 Å². The van der Waals surface area contributed by atoms with Crippen LogP contribution in [0.5, 0.6) is 5.75 Å². The number of benzene rings is 1. The molecule has 0 N–H and O–H groups in total. The smallest absolute Gasteiger partial charge is 0.311 e. The molecule has 0 aliphatic heterocycles. The van der Waals surface area contributed by atoms with E-state index < -0.39 is 0 Å². The van der Waals surface area contributed by atoms with Crippen LogP contribution >= 0.6 is 0 Å². The van der Waals surface area contributed by atoms with Crippen molar-refractivity contribution in [1.29, 1.82) is 0 Å². The van der Waals surface area contributed by atoms with Crippen LogP contribution in [0.1, 0.15) is 96.5 Å². The summed E-state index contributed by atoms with van der Waals surface area (Å²) in [6.07, 6.45) is 13.0. The Hall–Kier alpha value is -1.84. The van der Waals surface area contributed by atoms with Crippen LogP contribution in [-0.4, -0.2) is 18.5 Å². The van der Waals surface area contributed by atoms with Crippen LogP contribution in [0.3, 0.4) is 0 Å². The molecule has 158 valence electrons. The maximum Gasteiger partial charge on any atom is 0.311 e. The Balaban J connectivity index is 1.99. The molecule has 1 aromatic carbocycles. The molecule has 0 saturated carbocycles. The summed E-state index contributed by atoms with van der Waals surface area (Å²) in [5, 5.41) is 0. The summed E-state index contributed by atoms with van der Waals surface area (Å²) in [5.74, 6) is 0.0944. The third-order valence-corrected chi connectivity index (χ3v) is 4.85. The normalized spacial score (nSPS) is 10.6. The Kier molecular flexibility index (Phi) is 14.0. The maximum absolute atomic E-state index is 11.9. The molecular formula is C24H38O4. The van der Waals surface area contributed by atoms with Gasteiger partial charge in [0.1, 0.15) is 5.75 Å². The van der Waals surface area contributed by atoms with Gasteiger partial charge in [-0.2, -0.15) is 0 Å². The fraction of sp³-hybridized carbons (Fsp3) is 0.667. The lowest BCUT2D eigenvalue weighted by Gasteiger charge is -2.08. The predicted molar refractivity (Wildman–Crippen MR) is 113 cm³/mol. The number of hydrogen-bond donors (Lipinski definition) is 0. The topological polar surface area (TPSA) is 52.6 Å². The van der Waals surface area contributed by atoms with E-state index in [0.717, 1.165) is 24.8 Å². The summed E-state index contributed by atoms with van der Waals surface area (Å²) in [4.78, 5) is 23.7. The van der Waals surface area contributed by atoms with Crippen LogP contribution < -0.4 is 4.74 Å². The number of ether oxygens (including phenoxy) is 2. The Morgan fingerprint density at radius 3 is 2.04 bits per heavy atom. The molecule has 0 amide bonds. The van der Waals surface area contributed by atoms with Gasteiger partial charge >= 0.3 is 11.9 Å². The van der Waals surface area contributed by atoms with Gasteiger partial charge in [-0.25, -0.2) is 0 Å². The molecular weight excluding hydrogens is 352 g/mol. The molecule has 0 fully saturated rings. The molecule has 0 aromatic heterocycles. The Morgan fingerprint density at radius 1 is 0.750 bits per heavy atom. The second kappa shape index (κ2) is 16.1. The zero-order valence-corrected chi connectivity index (χ0v) is 17.8. The quantitative estimate of drug-likeness (QED) is 0.186. The van der Waals surface area contributed by atoms with Gasteiger partial charge in [-0.3, -0.25) is 9.59 Å². The minimum absolute atomic E-state index is 0.221. The van der Waals surface area contributed by atoms with E-state index in [1.165, 1.54) is 44.9 Å². The van der Waals surface area contributed by atoms with Gasteiger partial charge in [-0.15, -0.1) is 0 Å². The van der Waals surface area contributed by atoms with Gasteiger partial charge in [0, 0.05) is 12.8 Å². The van der Waals surface area contributed by atoms with Crippen molar-refractivity contribution in [3.8, 4) is 5.75 Å². The average molecular weight is 391 g/mol. The summed E-state index contributed by atoms with van der Waals surface area (Å²) in [5.41, 5.74) is 1.01. The van der Waals surface area contributed by atoms with Gasteiger partial charge in [0.15, 0.2) is 0 Å². The van der Waals surface area contributed by atoms with Gasteiger partial charge in [0.05, 0.1) is 6.61 Å². The standard InChI is InChI=1S/C24H38O4/c1-3-5-6-7-8-9-10-11-14-20-27-23(25)18-15-19-24(26)28-22-17-13-12-16-21(22)4-2/h12-13,16-17H,3-11,14-15,18-20H2,1-2H3. The van der Waals surface area contributed by atoms with Crippen molar-refractivity contribution < 1.29 is 19.1 Å². The van der Waals surface area contributed by atoms with Gasteiger partial charge in [-0.1, -0.05) is 83.4 Å². The lowest BCUT2D eigenvalue weighted by atomic mass is 10.1. The second-order valence-electron chi connectivity index (χ2n) is 7.34. The molecule has 0 spiro atoms. The average Bonchev–Trinajstić information content (AvgIpc) is 2.69. The van der Waals surface area contributed by atoms with E-state index in [2.05, 4.69) is 6.92 Å². The van der Waals surface area contributed by atoms with Crippen molar-refractivity contribution in [3.05, 3.63) is 29.8 Å². The number of para-hydroxylation sites is 1. The Bertz CT molecular complexity index is 553. The van der Waals surface area contributed by atoms with E-state index in [-0.39, 0.29) is 24.8 Å². The molecule has 0 atom stereocenters. The summed E-state index contributed by atoms with van der Waals surface area (Å²) >= 11 is 0. The SMILES string of the molecule is CCCCCCCCCCCOC(=O)CCCC(=O)Oc1ccccc1CC. The molecule has 0 bridgehead atoms. The first-order chi connectivity index (χ1) is 13.7. The molecule has 0 aliphatic rings. The Labute approximate surface area is 171 Å². The van der Waals surface area contributed by atoms with Crippen molar-refractivity contribution in [2.75, 3.05) is 6.61 Å². The van der Waals surface area contributed by atoms with E-state index in [4.69, 9.17) is 9.47 Å². The summed E-state index contributed by atoms with van der Waals surface area (Å²) in [6.45, 7) is 4.75. The number of aryl methyl sites for hydroxylation is 1. The third-order valence-electron chi connectivity index (χ3n) is 4.85. The van der Waals surface area contributed by atoms with Crippen molar-refractivity contribution >= 4 is 11.9 Å². The predicted octanol–water partition coefficient (Wildman–Crippen LogP) is 6.40. The molecule has 1 rings (SSSR count). The van der Waals surface area contributed by atoms with E-state index >= 15 is 0 Å². The molecule has 0 radical (unpaired) electrons. The fourth-order valence-corrected chi connectivity index (χ4v) is 3.12. The first kappa shape index (κ1) is 24.2. The molecule has 0 unspecified atom stereocenters. The van der Waals surface area contributed by atoms with Crippen molar-refractivity contribution in [2.24, 2.45) is 0 Å². The van der Waals surface area contributed by atoms with Gasteiger partial charge in [0.25, 0.3) is 0 Å². The summed E-state index contributed by atoms with van der Waals surface area (Å²) in [6, 6.07) is 7.54. The highest BCUT2D eigenvalue weighted by Crippen LogP contribution is 2.19. The summed E-state index contributed by atoms with van der Waals surface area (Å²) in [7, 11) is 0. The highest BCUT2D eigenvalue weighted by Gasteiger charge is 2.10. The molecule has 4 nitrogen and oxygen atoms in total. The number of unbranched alkanes of at least 4 members (excludes halogenated alkanes) is 8. The molecule has 4 heteroatoms. The van der Waals surface area contributed by atoms with Gasteiger partial charge in [0.2, 0.25) is 0 Å². The lowest BCUT2D eigenvalue weighted by molar-refractivity contribution is -0.144. The maximum atomic E-state index is 11.9. The number of carbonyl (C=O) groups excluding carboxylic acids is 2. The van der Waals surface area contributed by atoms with Crippen molar-refractivity contribution in [3.63, 3.8) is 0 Å². The first-order valence-corrected chi connectivity index (χ1v) is 11.1. The molecule has 0 saturated heterocycles. The Morgan fingerprint density at radius 2 is 1.36 bits per heavy atom. The fourth-order valence-electron chi connectivity index (χ4n) is 3.12. The number of carbonyl (C=O) groups is 2. The first-order valence-electron chi connectivity index (χ1n) is 11.1. The third kappa shape index (κ3) is 11.8. The van der Waals surface area contributed by atoms with Gasteiger partial charge < -0.3 is 9.47 Å². The van der Waals surface area contributed by atoms with Crippen LogP contribution in [0.25, 0.3) is 0 Å². The molecule has 28 heavy (non-hydrogen) atoms. The number of hydrogen-bond acceptors (Lipinski definition) is 4. The number of esters is 2. The van der Waals surface area contributed by atoms with Crippen molar-refractivity contribution in [1.82, 2.24) is 0 Å². The molecule has 0 heterocycles.